The number of nitrogens with zero attached hydrogens (tertiary/aromatic N) is 3. The number of hydrogen-bond donors (Lipinski definition) is 0. The van der Waals surface area contributed by atoms with E-state index in [4.69, 9.17) is 0 Å². The Kier molecular flexibility index (Phi) is 3.57. The summed E-state index contributed by atoms with van der Waals surface area (Å²) in [6.45, 7) is 1.94. The van der Waals surface area contributed by atoms with Crippen LogP contribution in [0.3, 0.4) is 0 Å². The molecule has 0 fully saturated rings. The molecule has 0 aliphatic rings. The molecule has 0 saturated carbocycles. The van der Waals surface area contributed by atoms with Crippen LogP contribution < -0.4 is 0 Å². The normalized spacial score (nSPS) is 9.40. The van der Waals surface area contributed by atoms with Crippen molar-refractivity contribution in [3.8, 4) is 5.69 Å². The summed E-state index contributed by atoms with van der Waals surface area (Å²) >= 11 is 0. The minimum absolute atomic E-state index is 0. The third-order valence-corrected chi connectivity index (χ3v) is 1.94. The van der Waals surface area contributed by atoms with Crippen LogP contribution >= 0.6 is 12.4 Å². The van der Waals surface area contributed by atoms with E-state index in [0.29, 0.717) is 11.3 Å². The lowest BCUT2D eigenvalue weighted by molar-refractivity contribution is 0.112. The second kappa shape index (κ2) is 4.70. The number of rotatable bonds is 2. The SMILES string of the molecule is Cc1ccc(-n2nccn2)c(C=O)c1.Cl. The molecule has 2 rings (SSSR count). The fourth-order valence-corrected chi connectivity index (χ4v) is 1.29. The molecule has 1 heterocycles. The molecule has 5 heteroatoms. The molecule has 0 atom stereocenters. The highest BCUT2D eigenvalue weighted by Gasteiger charge is 2.04. The Morgan fingerprint density at radius 3 is 2.53 bits per heavy atom. The summed E-state index contributed by atoms with van der Waals surface area (Å²) in [6, 6.07) is 5.57. The van der Waals surface area contributed by atoms with E-state index < -0.39 is 0 Å². The number of carbonyl (C=O) groups is 1. The monoisotopic (exact) mass is 223 g/mol. The van der Waals surface area contributed by atoms with Crippen molar-refractivity contribution in [2.45, 2.75) is 6.92 Å². The van der Waals surface area contributed by atoms with Crippen molar-refractivity contribution in [2.24, 2.45) is 0 Å². The molecule has 0 aliphatic carbocycles. The van der Waals surface area contributed by atoms with E-state index in [0.717, 1.165) is 11.8 Å². The van der Waals surface area contributed by atoms with E-state index in [1.54, 1.807) is 12.4 Å². The number of benzene rings is 1. The Labute approximate surface area is 93.3 Å². The van der Waals surface area contributed by atoms with Crippen molar-refractivity contribution >= 4 is 18.7 Å². The largest absolute Gasteiger partial charge is 0.298 e. The maximum absolute atomic E-state index is 10.8. The van der Waals surface area contributed by atoms with Crippen molar-refractivity contribution in [3.05, 3.63) is 41.7 Å². The highest BCUT2D eigenvalue weighted by Crippen LogP contribution is 2.12. The minimum Gasteiger partial charge on any atom is -0.298 e. The van der Waals surface area contributed by atoms with E-state index in [1.807, 2.05) is 25.1 Å². The second-order valence-corrected chi connectivity index (χ2v) is 3.00. The van der Waals surface area contributed by atoms with Crippen LogP contribution in [-0.2, 0) is 0 Å². The van der Waals surface area contributed by atoms with Crippen molar-refractivity contribution in [1.82, 2.24) is 15.0 Å². The van der Waals surface area contributed by atoms with Gasteiger partial charge in [-0.3, -0.25) is 4.79 Å². The summed E-state index contributed by atoms with van der Waals surface area (Å²) in [7, 11) is 0. The van der Waals surface area contributed by atoms with Gasteiger partial charge in [0.15, 0.2) is 6.29 Å². The number of halogens is 1. The molecule has 15 heavy (non-hydrogen) atoms. The van der Waals surface area contributed by atoms with Gasteiger partial charge in [0, 0.05) is 5.56 Å². The number of aldehydes is 1. The molecule has 0 saturated heterocycles. The molecule has 78 valence electrons. The van der Waals surface area contributed by atoms with Crippen molar-refractivity contribution < 1.29 is 4.79 Å². The van der Waals surface area contributed by atoms with Crippen molar-refractivity contribution in [3.63, 3.8) is 0 Å². The highest BCUT2D eigenvalue weighted by molar-refractivity contribution is 5.85. The second-order valence-electron chi connectivity index (χ2n) is 3.00. The van der Waals surface area contributed by atoms with Crippen LogP contribution in [0.1, 0.15) is 15.9 Å². The lowest BCUT2D eigenvalue weighted by Crippen LogP contribution is -2.02. The van der Waals surface area contributed by atoms with E-state index in [1.165, 1.54) is 4.80 Å². The molecule has 0 bridgehead atoms. The first-order valence-corrected chi connectivity index (χ1v) is 4.24. The molecule has 0 amide bonds. The first-order chi connectivity index (χ1) is 6.81. The van der Waals surface area contributed by atoms with Gasteiger partial charge in [-0.05, 0) is 19.1 Å². The van der Waals surface area contributed by atoms with Crippen LogP contribution in [0.5, 0.6) is 0 Å². The molecule has 0 N–H and O–H groups in total. The predicted octanol–water partition coefficient (Wildman–Crippen LogP) is 1.81. The number of carbonyl (C=O) groups excluding carboxylic acids is 1. The molecule has 4 nitrogen and oxygen atoms in total. The van der Waals surface area contributed by atoms with Gasteiger partial charge in [0.1, 0.15) is 0 Å². The Hall–Kier alpha value is -1.68. The van der Waals surface area contributed by atoms with Crippen LogP contribution in [0.4, 0.5) is 0 Å². The molecule has 0 radical (unpaired) electrons. The predicted molar refractivity (Wildman–Crippen MR) is 58.7 cm³/mol. The van der Waals surface area contributed by atoms with E-state index in [2.05, 4.69) is 10.2 Å². The van der Waals surface area contributed by atoms with E-state index in [9.17, 15) is 4.79 Å². The van der Waals surface area contributed by atoms with Gasteiger partial charge in [0.25, 0.3) is 0 Å². The zero-order chi connectivity index (χ0) is 9.97. The van der Waals surface area contributed by atoms with Crippen LogP contribution in [0.15, 0.2) is 30.6 Å². The van der Waals surface area contributed by atoms with Gasteiger partial charge in [-0.1, -0.05) is 11.6 Å². The lowest BCUT2D eigenvalue weighted by atomic mass is 10.1. The van der Waals surface area contributed by atoms with Gasteiger partial charge >= 0.3 is 0 Å². The van der Waals surface area contributed by atoms with Gasteiger partial charge in [-0.2, -0.15) is 15.0 Å². The minimum atomic E-state index is 0. The van der Waals surface area contributed by atoms with E-state index >= 15 is 0 Å². The topological polar surface area (TPSA) is 47.8 Å². The Morgan fingerprint density at radius 2 is 1.93 bits per heavy atom. The highest BCUT2D eigenvalue weighted by atomic mass is 35.5. The van der Waals surface area contributed by atoms with Crippen LogP contribution in [0, 0.1) is 6.92 Å². The lowest BCUT2D eigenvalue weighted by Gasteiger charge is -2.03. The fraction of sp³-hybridized carbons (Fsp3) is 0.100. The maximum Gasteiger partial charge on any atom is 0.152 e. The quantitative estimate of drug-likeness (QED) is 0.730. The van der Waals surface area contributed by atoms with Crippen LogP contribution in [0.25, 0.3) is 5.69 Å². The molecule has 1 aromatic heterocycles. The van der Waals surface area contributed by atoms with Gasteiger partial charge in [-0.25, -0.2) is 0 Å². The summed E-state index contributed by atoms with van der Waals surface area (Å²) in [4.78, 5) is 12.2. The zero-order valence-electron chi connectivity index (χ0n) is 8.12. The van der Waals surface area contributed by atoms with Crippen LogP contribution in [-0.4, -0.2) is 21.3 Å². The van der Waals surface area contributed by atoms with Gasteiger partial charge in [0.2, 0.25) is 0 Å². The number of aryl methyl sites for hydroxylation is 1. The first kappa shape index (κ1) is 11.4. The molecular formula is C10H10ClN3O. The summed E-state index contributed by atoms with van der Waals surface area (Å²) < 4.78 is 0. The summed E-state index contributed by atoms with van der Waals surface area (Å²) in [5.41, 5.74) is 2.35. The van der Waals surface area contributed by atoms with Gasteiger partial charge < -0.3 is 0 Å². The Morgan fingerprint density at radius 1 is 1.27 bits per heavy atom. The summed E-state index contributed by atoms with van der Waals surface area (Å²) in [5.74, 6) is 0. The third-order valence-electron chi connectivity index (χ3n) is 1.94. The number of aromatic nitrogens is 3. The molecule has 2 aromatic rings. The number of hydrogen-bond acceptors (Lipinski definition) is 3. The molecular weight excluding hydrogens is 214 g/mol. The van der Waals surface area contributed by atoms with Gasteiger partial charge in [0.05, 0.1) is 18.1 Å². The molecule has 0 aliphatic heterocycles. The molecule has 0 spiro atoms. The van der Waals surface area contributed by atoms with E-state index in [-0.39, 0.29) is 12.4 Å². The summed E-state index contributed by atoms with van der Waals surface area (Å²) in [5, 5.41) is 7.94. The smallest absolute Gasteiger partial charge is 0.152 e. The standard InChI is InChI=1S/C10H9N3O.ClH/c1-8-2-3-10(9(6-8)7-14)13-11-4-5-12-13;/h2-7H,1H3;1H. The first-order valence-electron chi connectivity index (χ1n) is 4.24. The Bertz CT molecular complexity index is 454. The zero-order valence-corrected chi connectivity index (χ0v) is 8.94. The molecule has 1 aromatic carbocycles. The van der Waals surface area contributed by atoms with Crippen LogP contribution in [0.2, 0.25) is 0 Å². The van der Waals surface area contributed by atoms with Crippen molar-refractivity contribution in [2.75, 3.05) is 0 Å². The average Bonchev–Trinajstić information content (AvgIpc) is 2.70. The maximum atomic E-state index is 10.8. The Balaban J connectivity index is 0.00000112. The molecule has 0 unspecified atom stereocenters. The third kappa shape index (κ3) is 2.22. The fourth-order valence-electron chi connectivity index (χ4n) is 1.29. The summed E-state index contributed by atoms with van der Waals surface area (Å²) in [6.07, 6.45) is 3.97. The van der Waals surface area contributed by atoms with Gasteiger partial charge in [-0.15, -0.1) is 12.4 Å². The van der Waals surface area contributed by atoms with Crippen molar-refractivity contribution in [1.29, 1.82) is 0 Å². The average molecular weight is 224 g/mol.